The van der Waals surface area contributed by atoms with Gasteiger partial charge in [0.15, 0.2) is 0 Å². The number of benzene rings is 1. The van der Waals surface area contributed by atoms with Crippen molar-refractivity contribution in [1.29, 1.82) is 0 Å². The monoisotopic (exact) mass is 353 g/mol. The lowest BCUT2D eigenvalue weighted by Gasteiger charge is -2.31. The lowest BCUT2D eigenvalue weighted by molar-refractivity contribution is 0.277. The maximum atomic E-state index is 9.35. The minimum Gasteiger partial charge on any atom is -0.392 e. The van der Waals surface area contributed by atoms with Crippen molar-refractivity contribution in [1.82, 2.24) is 15.1 Å². The number of hydrogen-bond donors (Lipinski definition) is 2. The predicted molar refractivity (Wildman–Crippen MR) is 108 cm³/mol. The second kappa shape index (κ2) is 8.56. The van der Waals surface area contributed by atoms with E-state index in [-0.39, 0.29) is 12.8 Å². The van der Waals surface area contributed by atoms with Gasteiger partial charge in [0.2, 0.25) is 0 Å². The smallest absolute Gasteiger partial charge is 0.125 e. The number of likely N-dealkylation sites (tertiary alicyclic amines) is 1. The largest absolute Gasteiger partial charge is 0.392 e. The van der Waals surface area contributed by atoms with Crippen LogP contribution in [0, 0.1) is 6.92 Å². The fourth-order valence-electron chi connectivity index (χ4n) is 3.71. The predicted octanol–water partition coefficient (Wildman–Crippen LogP) is 3.46. The lowest BCUT2D eigenvalue weighted by Crippen LogP contribution is -2.36. The first-order valence-corrected chi connectivity index (χ1v) is 9.58. The molecule has 26 heavy (non-hydrogen) atoms. The number of nitrogens with zero attached hydrogens (tertiary/aromatic N) is 2. The molecular weight excluding hydrogens is 322 g/mol. The Morgan fingerprint density at radius 1 is 1.15 bits per heavy atom. The van der Waals surface area contributed by atoms with Gasteiger partial charge in [0.05, 0.1) is 12.3 Å². The van der Waals surface area contributed by atoms with Crippen molar-refractivity contribution < 1.29 is 5.11 Å². The Morgan fingerprint density at radius 2 is 1.92 bits per heavy atom. The number of aliphatic hydroxyl groups excluding tert-OH is 1. The highest BCUT2D eigenvalue weighted by atomic mass is 16.3. The van der Waals surface area contributed by atoms with Gasteiger partial charge in [0, 0.05) is 12.4 Å². The molecule has 4 heteroatoms. The van der Waals surface area contributed by atoms with Crippen molar-refractivity contribution >= 4 is 5.70 Å². The number of aryl methyl sites for hydroxylation is 1. The van der Waals surface area contributed by atoms with Gasteiger partial charge in [-0.1, -0.05) is 36.3 Å². The molecule has 3 aliphatic heterocycles. The van der Waals surface area contributed by atoms with Gasteiger partial charge in [-0.15, -0.1) is 0 Å². The van der Waals surface area contributed by atoms with Crippen LogP contribution in [0.25, 0.3) is 5.70 Å². The highest BCUT2D eigenvalue weighted by Crippen LogP contribution is 2.32. The first-order valence-electron chi connectivity index (χ1n) is 9.58. The molecule has 4 rings (SSSR count). The van der Waals surface area contributed by atoms with Crippen LogP contribution in [-0.2, 0) is 0 Å². The Bertz CT molecular complexity index is 714. The van der Waals surface area contributed by atoms with Crippen molar-refractivity contribution in [3.8, 4) is 0 Å². The van der Waals surface area contributed by atoms with Crippen LogP contribution in [0.2, 0.25) is 0 Å². The number of nitrogens with one attached hydrogen (secondary N) is 1. The van der Waals surface area contributed by atoms with Gasteiger partial charge in [-0.3, -0.25) is 0 Å². The minimum absolute atomic E-state index is 0.0711. The summed E-state index contributed by atoms with van der Waals surface area (Å²) in [6.45, 7) is 6.89. The normalized spacial score (nSPS) is 22.4. The fourth-order valence-corrected chi connectivity index (χ4v) is 3.71. The van der Waals surface area contributed by atoms with E-state index in [0.29, 0.717) is 0 Å². The van der Waals surface area contributed by atoms with Gasteiger partial charge in [-0.2, -0.15) is 0 Å². The molecule has 0 amide bonds. The molecule has 1 fully saturated rings. The average molecular weight is 354 g/mol. The summed E-state index contributed by atoms with van der Waals surface area (Å²) in [6, 6.07) is 8.46. The number of hydrogen-bond acceptors (Lipinski definition) is 4. The topological polar surface area (TPSA) is 38.7 Å². The van der Waals surface area contributed by atoms with Crippen LogP contribution in [0.1, 0.15) is 37.3 Å². The zero-order valence-electron chi connectivity index (χ0n) is 16.2. The summed E-state index contributed by atoms with van der Waals surface area (Å²) in [6.07, 6.45) is 10.6. The number of piperidine rings is 1. The van der Waals surface area contributed by atoms with Crippen LogP contribution in [-0.4, -0.2) is 47.8 Å². The highest BCUT2D eigenvalue weighted by Gasteiger charge is 2.29. The molecule has 0 bridgehead atoms. The van der Waals surface area contributed by atoms with E-state index in [0.717, 1.165) is 11.3 Å². The zero-order chi connectivity index (χ0) is 18.5. The molecule has 0 aliphatic carbocycles. The van der Waals surface area contributed by atoms with Gasteiger partial charge >= 0.3 is 0 Å². The van der Waals surface area contributed by atoms with E-state index in [1.165, 1.54) is 49.1 Å². The molecule has 1 atom stereocenters. The van der Waals surface area contributed by atoms with Crippen LogP contribution in [0.4, 0.5) is 0 Å². The van der Waals surface area contributed by atoms with Crippen molar-refractivity contribution in [2.24, 2.45) is 0 Å². The van der Waals surface area contributed by atoms with Crippen molar-refractivity contribution in [3.05, 3.63) is 65.0 Å². The van der Waals surface area contributed by atoms with Crippen LogP contribution >= 0.6 is 0 Å². The summed E-state index contributed by atoms with van der Waals surface area (Å²) in [5.41, 5.74) is 5.74. The summed E-state index contributed by atoms with van der Waals surface area (Å²) >= 11 is 0. The van der Waals surface area contributed by atoms with Crippen molar-refractivity contribution in [2.45, 2.75) is 39.3 Å². The third-order valence-electron chi connectivity index (χ3n) is 5.16. The highest BCUT2D eigenvalue weighted by molar-refractivity contribution is 5.69. The molecular formula is C22H31N3O. The second-order valence-electron chi connectivity index (χ2n) is 7.49. The molecule has 3 aliphatic rings. The van der Waals surface area contributed by atoms with E-state index in [1.807, 2.05) is 18.5 Å². The maximum Gasteiger partial charge on any atom is 0.125 e. The molecule has 3 heterocycles. The standard InChI is InChI=1S/C16H18N2O.C6H13N/c1-11-4-3-5-14(6-11)15-8-17-16-12(2)7-13(10-19)9-18(15)16;1-7-5-3-2-4-6-7/h3-9,16-17,19H,10H2,1-2H3;2-6H2,1H3. The van der Waals surface area contributed by atoms with Gasteiger partial charge in [0.1, 0.15) is 6.17 Å². The molecule has 1 saturated heterocycles. The molecule has 140 valence electrons. The summed E-state index contributed by atoms with van der Waals surface area (Å²) in [4.78, 5) is 4.58. The van der Waals surface area contributed by atoms with Gasteiger partial charge < -0.3 is 20.2 Å². The summed E-state index contributed by atoms with van der Waals surface area (Å²) in [5, 5.41) is 12.7. The van der Waals surface area contributed by atoms with Crippen LogP contribution < -0.4 is 5.32 Å². The second-order valence-corrected chi connectivity index (χ2v) is 7.49. The Labute approximate surface area is 157 Å². The van der Waals surface area contributed by atoms with Crippen molar-refractivity contribution in [2.75, 3.05) is 26.7 Å². The number of rotatable bonds is 2. The minimum atomic E-state index is 0.0711. The number of aliphatic hydroxyl groups is 1. The van der Waals surface area contributed by atoms with Gasteiger partial charge in [-0.25, -0.2) is 0 Å². The van der Waals surface area contributed by atoms with Crippen LogP contribution in [0.3, 0.4) is 0 Å². The van der Waals surface area contributed by atoms with E-state index in [9.17, 15) is 5.11 Å². The zero-order valence-corrected chi connectivity index (χ0v) is 16.2. The molecule has 0 aromatic heterocycles. The Balaban J connectivity index is 0.000000236. The van der Waals surface area contributed by atoms with Crippen molar-refractivity contribution in [3.63, 3.8) is 0 Å². The Kier molecular flexibility index (Phi) is 6.17. The maximum absolute atomic E-state index is 9.35. The SMILES string of the molecule is CC1=CC(CO)=CN2C(c3cccc(C)c3)=CNC12.CN1CCCCC1. The molecule has 1 aromatic carbocycles. The molecule has 1 aromatic rings. The van der Waals surface area contributed by atoms with Gasteiger partial charge in [0.25, 0.3) is 0 Å². The van der Waals surface area contributed by atoms with E-state index in [4.69, 9.17) is 0 Å². The molecule has 0 radical (unpaired) electrons. The van der Waals surface area contributed by atoms with E-state index in [1.54, 1.807) is 0 Å². The first kappa shape index (κ1) is 18.7. The molecule has 1 unspecified atom stereocenters. The van der Waals surface area contributed by atoms with E-state index >= 15 is 0 Å². The molecule has 4 nitrogen and oxygen atoms in total. The summed E-state index contributed by atoms with van der Waals surface area (Å²) < 4.78 is 0. The third-order valence-corrected chi connectivity index (χ3v) is 5.16. The Hall–Kier alpha value is -2.04. The lowest BCUT2D eigenvalue weighted by atomic mass is 10.0. The fraction of sp³-hybridized carbons (Fsp3) is 0.455. The van der Waals surface area contributed by atoms with Gasteiger partial charge in [-0.05, 0) is 69.6 Å². The summed E-state index contributed by atoms with van der Waals surface area (Å²) in [7, 11) is 2.19. The van der Waals surface area contributed by atoms with E-state index < -0.39 is 0 Å². The molecule has 2 N–H and O–H groups in total. The van der Waals surface area contributed by atoms with E-state index in [2.05, 4.69) is 60.3 Å². The molecule has 0 spiro atoms. The Morgan fingerprint density at radius 3 is 2.54 bits per heavy atom. The third kappa shape index (κ3) is 4.37. The molecule has 0 saturated carbocycles. The number of fused-ring (bicyclic) bond motifs is 1. The van der Waals surface area contributed by atoms with Crippen LogP contribution in [0.15, 0.2) is 53.9 Å². The summed E-state index contributed by atoms with van der Waals surface area (Å²) in [5.74, 6) is 0. The van der Waals surface area contributed by atoms with Crippen LogP contribution in [0.5, 0.6) is 0 Å². The average Bonchev–Trinajstić information content (AvgIpc) is 3.07. The first-order chi connectivity index (χ1) is 12.6. The quantitative estimate of drug-likeness (QED) is 0.854.